The fourth-order valence-electron chi connectivity index (χ4n) is 2.04. The Labute approximate surface area is 84.3 Å². The van der Waals surface area contributed by atoms with Crippen LogP contribution >= 0.6 is 0 Å². The lowest BCUT2D eigenvalue weighted by atomic mass is 10.0. The Hall–Kier alpha value is -0.890. The molecule has 0 aliphatic carbocycles. The van der Waals surface area contributed by atoms with E-state index in [4.69, 9.17) is 0 Å². The molecule has 0 spiro atoms. The molecule has 1 heterocycles. The standard InChI is InChI=1S/C12H16FN/c13-11-4-1-3-10(9-11)6-7-12-5-2-8-14-12/h1,3-4,9,12,14H,2,5-8H2/t12-/m1/s1. The number of nitrogens with one attached hydrogen (secondary N) is 1. The van der Waals surface area contributed by atoms with E-state index in [0.717, 1.165) is 24.9 Å². The second kappa shape index (κ2) is 4.56. The van der Waals surface area contributed by atoms with Gasteiger partial charge in [-0.15, -0.1) is 0 Å². The van der Waals surface area contributed by atoms with Crippen molar-refractivity contribution in [3.63, 3.8) is 0 Å². The first-order valence-corrected chi connectivity index (χ1v) is 5.32. The normalized spacial score (nSPS) is 21.4. The molecule has 1 fully saturated rings. The van der Waals surface area contributed by atoms with Gasteiger partial charge >= 0.3 is 0 Å². The van der Waals surface area contributed by atoms with Crippen LogP contribution in [0.15, 0.2) is 24.3 Å². The quantitative estimate of drug-likeness (QED) is 0.777. The predicted octanol–water partition coefficient (Wildman–Crippen LogP) is 2.51. The summed E-state index contributed by atoms with van der Waals surface area (Å²) < 4.78 is 12.9. The molecule has 1 aliphatic heterocycles. The van der Waals surface area contributed by atoms with E-state index in [1.807, 2.05) is 6.07 Å². The largest absolute Gasteiger partial charge is 0.314 e. The third-order valence-electron chi connectivity index (χ3n) is 2.83. The lowest BCUT2D eigenvalue weighted by Crippen LogP contribution is -2.21. The summed E-state index contributed by atoms with van der Waals surface area (Å²) >= 11 is 0. The molecule has 2 heteroatoms. The van der Waals surface area contributed by atoms with Crippen LogP contribution in [0.5, 0.6) is 0 Å². The van der Waals surface area contributed by atoms with Crippen molar-refractivity contribution in [3.05, 3.63) is 35.6 Å². The fraction of sp³-hybridized carbons (Fsp3) is 0.500. The first-order chi connectivity index (χ1) is 6.84. The number of hydrogen-bond donors (Lipinski definition) is 1. The minimum Gasteiger partial charge on any atom is -0.314 e. The van der Waals surface area contributed by atoms with Crippen molar-refractivity contribution < 1.29 is 4.39 Å². The highest BCUT2D eigenvalue weighted by Crippen LogP contribution is 2.13. The molecule has 14 heavy (non-hydrogen) atoms. The van der Waals surface area contributed by atoms with Crippen molar-refractivity contribution >= 4 is 0 Å². The van der Waals surface area contributed by atoms with Gasteiger partial charge < -0.3 is 5.32 Å². The van der Waals surface area contributed by atoms with E-state index >= 15 is 0 Å². The predicted molar refractivity (Wildman–Crippen MR) is 55.7 cm³/mol. The van der Waals surface area contributed by atoms with Gasteiger partial charge in [0.05, 0.1) is 0 Å². The Morgan fingerprint density at radius 2 is 2.36 bits per heavy atom. The van der Waals surface area contributed by atoms with Gasteiger partial charge in [-0.25, -0.2) is 4.39 Å². The van der Waals surface area contributed by atoms with Crippen LogP contribution in [-0.4, -0.2) is 12.6 Å². The fourth-order valence-corrected chi connectivity index (χ4v) is 2.04. The minimum atomic E-state index is -0.123. The molecular weight excluding hydrogens is 177 g/mol. The molecule has 0 unspecified atom stereocenters. The third-order valence-corrected chi connectivity index (χ3v) is 2.83. The Bertz CT molecular complexity index is 292. The summed E-state index contributed by atoms with van der Waals surface area (Å²) in [6, 6.07) is 7.56. The van der Waals surface area contributed by atoms with E-state index in [-0.39, 0.29) is 5.82 Å². The van der Waals surface area contributed by atoms with Crippen LogP contribution < -0.4 is 5.32 Å². The van der Waals surface area contributed by atoms with Crippen molar-refractivity contribution in [2.45, 2.75) is 31.7 Å². The molecule has 1 N–H and O–H groups in total. The highest BCUT2D eigenvalue weighted by molar-refractivity contribution is 5.16. The van der Waals surface area contributed by atoms with Crippen molar-refractivity contribution in [2.24, 2.45) is 0 Å². The highest BCUT2D eigenvalue weighted by atomic mass is 19.1. The maximum absolute atomic E-state index is 12.9. The first-order valence-electron chi connectivity index (χ1n) is 5.32. The van der Waals surface area contributed by atoms with E-state index in [2.05, 4.69) is 5.32 Å². The van der Waals surface area contributed by atoms with Crippen LogP contribution in [0.4, 0.5) is 4.39 Å². The zero-order valence-corrected chi connectivity index (χ0v) is 8.30. The number of halogens is 1. The van der Waals surface area contributed by atoms with E-state index in [0.29, 0.717) is 6.04 Å². The molecule has 1 nitrogen and oxygen atoms in total. The molecule has 1 aromatic rings. The van der Waals surface area contributed by atoms with Gasteiger partial charge in [-0.2, -0.15) is 0 Å². The second-order valence-electron chi connectivity index (χ2n) is 3.96. The number of benzene rings is 1. The summed E-state index contributed by atoms with van der Waals surface area (Å²) in [5.74, 6) is -0.123. The SMILES string of the molecule is Fc1cccc(CC[C@H]2CCCN2)c1. The minimum absolute atomic E-state index is 0.123. The Morgan fingerprint density at radius 3 is 3.07 bits per heavy atom. The molecule has 76 valence electrons. The van der Waals surface area contributed by atoms with Crippen LogP contribution in [0, 0.1) is 5.82 Å². The van der Waals surface area contributed by atoms with Crippen LogP contribution in [-0.2, 0) is 6.42 Å². The monoisotopic (exact) mass is 193 g/mol. The van der Waals surface area contributed by atoms with Crippen molar-refractivity contribution in [2.75, 3.05) is 6.54 Å². The summed E-state index contributed by atoms with van der Waals surface area (Å²) in [7, 11) is 0. The van der Waals surface area contributed by atoms with E-state index in [1.54, 1.807) is 12.1 Å². The van der Waals surface area contributed by atoms with Gasteiger partial charge in [0.25, 0.3) is 0 Å². The average Bonchev–Trinajstić information content (AvgIpc) is 2.67. The van der Waals surface area contributed by atoms with Crippen LogP contribution in [0.1, 0.15) is 24.8 Å². The van der Waals surface area contributed by atoms with E-state index in [9.17, 15) is 4.39 Å². The van der Waals surface area contributed by atoms with Crippen LogP contribution in [0.25, 0.3) is 0 Å². The molecule has 2 rings (SSSR count). The molecule has 0 bridgehead atoms. The van der Waals surface area contributed by atoms with Crippen molar-refractivity contribution in [1.29, 1.82) is 0 Å². The third kappa shape index (κ3) is 2.55. The van der Waals surface area contributed by atoms with Gasteiger partial charge in [-0.1, -0.05) is 12.1 Å². The van der Waals surface area contributed by atoms with Gasteiger partial charge in [0.15, 0.2) is 0 Å². The molecule has 0 radical (unpaired) electrons. The molecule has 1 aromatic carbocycles. The summed E-state index contributed by atoms with van der Waals surface area (Å²) in [4.78, 5) is 0. The summed E-state index contributed by atoms with van der Waals surface area (Å²) in [6.45, 7) is 1.15. The molecular formula is C12H16FN. The average molecular weight is 193 g/mol. The first kappa shape index (κ1) is 9.66. The Balaban J connectivity index is 1.85. The number of aryl methyl sites for hydroxylation is 1. The summed E-state index contributed by atoms with van der Waals surface area (Å²) in [6.07, 6.45) is 4.67. The van der Waals surface area contributed by atoms with Gasteiger partial charge in [-0.05, 0) is 49.9 Å². The lowest BCUT2D eigenvalue weighted by Gasteiger charge is -2.09. The zero-order valence-electron chi connectivity index (χ0n) is 8.30. The Morgan fingerprint density at radius 1 is 1.43 bits per heavy atom. The highest BCUT2D eigenvalue weighted by Gasteiger charge is 2.13. The van der Waals surface area contributed by atoms with Crippen molar-refractivity contribution in [3.8, 4) is 0 Å². The Kier molecular flexibility index (Phi) is 3.14. The zero-order chi connectivity index (χ0) is 9.80. The van der Waals surface area contributed by atoms with Gasteiger partial charge in [0.2, 0.25) is 0 Å². The van der Waals surface area contributed by atoms with Gasteiger partial charge in [-0.3, -0.25) is 0 Å². The van der Waals surface area contributed by atoms with Gasteiger partial charge in [0, 0.05) is 6.04 Å². The molecule has 1 saturated heterocycles. The van der Waals surface area contributed by atoms with E-state index < -0.39 is 0 Å². The summed E-state index contributed by atoms with van der Waals surface area (Å²) in [5.41, 5.74) is 1.11. The van der Waals surface area contributed by atoms with Crippen LogP contribution in [0.3, 0.4) is 0 Å². The molecule has 0 aromatic heterocycles. The second-order valence-corrected chi connectivity index (χ2v) is 3.96. The molecule has 1 aliphatic rings. The molecule has 0 amide bonds. The lowest BCUT2D eigenvalue weighted by molar-refractivity contribution is 0.557. The maximum atomic E-state index is 12.9. The number of hydrogen-bond acceptors (Lipinski definition) is 1. The number of rotatable bonds is 3. The topological polar surface area (TPSA) is 12.0 Å². The molecule has 0 saturated carbocycles. The molecule has 1 atom stereocenters. The smallest absolute Gasteiger partial charge is 0.123 e. The maximum Gasteiger partial charge on any atom is 0.123 e. The van der Waals surface area contributed by atoms with Crippen molar-refractivity contribution in [1.82, 2.24) is 5.32 Å². The van der Waals surface area contributed by atoms with E-state index in [1.165, 1.54) is 18.9 Å². The summed E-state index contributed by atoms with van der Waals surface area (Å²) in [5, 5.41) is 3.45. The van der Waals surface area contributed by atoms with Gasteiger partial charge in [0.1, 0.15) is 5.82 Å². The van der Waals surface area contributed by atoms with Crippen LogP contribution in [0.2, 0.25) is 0 Å².